The molecular weight excluding hydrogens is 316 g/mol. The molecule has 1 aromatic carbocycles. The zero-order chi connectivity index (χ0) is 14.3. The molecule has 0 saturated carbocycles. The van der Waals surface area contributed by atoms with Gasteiger partial charge in [-0.15, -0.1) is 0 Å². The molecule has 2 N–H and O–H groups in total. The lowest BCUT2D eigenvalue weighted by Crippen LogP contribution is -2.22. The number of rotatable bonds is 3. The third kappa shape index (κ3) is 2.10. The van der Waals surface area contributed by atoms with Crippen molar-refractivity contribution < 1.29 is 0 Å². The van der Waals surface area contributed by atoms with E-state index >= 15 is 0 Å². The number of halogens is 1. The first-order valence-corrected chi connectivity index (χ1v) is 7.73. The van der Waals surface area contributed by atoms with Crippen LogP contribution in [0.2, 0.25) is 0 Å². The summed E-state index contributed by atoms with van der Waals surface area (Å²) in [5.74, 6) is 0. The van der Waals surface area contributed by atoms with Gasteiger partial charge in [0.2, 0.25) is 0 Å². The number of nitrogens with zero attached hydrogens (tertiary/aromatic N) is 3. The Morgan fingerprint density at radius 2 is 2.20 bits per heavy atom. The molecule has 0 radical (unpaired) electrons. The summed E-state index contributed by atoms with van der Waals surface area (Å²) in [4.78, 5) is 2.35. The molecule has 0 atom stereocenters. The zero-order valence-electron chi connectivity index (χ0n) is 11.9. The third-order valence-electron chi connectivity index (χ3n) is 3.96. The number of hydrogen-bond acceptors (Lipinski definition) is 3. The Bertz CT molecular complexity index is 648. The summed E-state index contributed by atoms with van der Waals surface area (Å²) in [6.45, 7) is 3.98. The second kappa shape index (κ2) is 5.13. The number of fused-ring (bicyclic) bond motifs is 1. The van der Waals surface area contributed by atoms with Crippen LogP contribution in [0.1, 0.15) is 23.9 Å². The fourth-order valence-electron chi connectivity index (χ4n) is 2.90. The number of para-hydroxylation sites is 1. The SMILES string of the molecule is CCc1nn(C)c(CN2CCc3cccc(N)c32)c1Br. The van der Waals surface area contributed by atoms with Crippen LogP contribution in [-0.2, 0) is 26.4 Å². The standard InChI is InChI=1S/C15H19BrN4/c1-3-12-14(16)13(19(2)18-12)9-20-8-7-10-5-4-6-11(17)15(10)20/h4-6H,3,7-9,17H2,1-2H3. The van der Waals surface area contributed by atoms with Gasteiger partial charge in [0.15, 0.2) is 0 Å². The van der Waals surface area contributed by atoms with Gasteiger partial charge < -0.3 is 10.6 Å². The summed E-state index contributed by atoms with van der Waals surface area (Å²) in [5, 5.41) is 4.56. The molecule has 0 bridgehead atoms. The number of anilines is 2. The quantitative estimate of drug-likeness (QED) is 0.878. The Kier molecular flexibility index (Phi) is 3.46. The predicted octanol–water partition coefficient (Wildman–Crippen LogP) is 2.89. The van der Waals surface area contributed by atoms with E-state index in [2.05, 4.69) is 38.9 Å². The average molecular weight is 335 g/mol. The maximum atomic E-state index is 6.15. The van der Waals surface area contributed by atoms with Crippen molar-refractivity contribution in [2.75, 3.05) is 17.2 Å². The van der Waals surface area contributed by atoms with Crippen molar-refractivity contribution in [1.29, 1.82) is 0 Å². The minimum Gasteiger partial charge on any atom is -0.397 e. The molecule has 0 unspecified atom stereocenters. The van der Waals surface area contributed by atoms with E-state index in [0.29, 0.717) is 0 Å². The van der Waals surface area contributed by atoms with E-state index in [-0.39, 0.29) is 0 Å². The molecule has 1 aromatic heterocycles. The van der Waals surface area contributed by atoms with Crippen LogP contribution in [-0.4, -0.2) is 16.3 Å². The number of benzene rings is 1. The number of nitrogen functional groups attached to an aromatic ring is 1. The molecule has 4 nitrogen and oxygen atoms in total. The van der Waals surface area contributed by atoms with Crippen LogP contribution in [0.4, 0.5) is 11.4 Å². The molecule has 0 amide bonds. The average Bonchev–Trinajstić information content (AvgIpc) is 2.96. The van der Waals surface area contributed by atoms with Gasteiger partial charge in [-0.1, -0.05) is 19.1 Å². The maximum Gasteiger partial charge on any atom is 0.0767 e. The summed E-state index contributed by atoms with van der Waals surface area (Å²) >= 11 is 3.69. The van der Waals surface area contributed by atoms with Gasteiger partial charge in [0.05, 0.1) is 33.8 Å². The Hall–Kier alpha value is -1.49. The van der Waals surface area contributed by atoms with Gasteiger partial charge in [-0.3, -0.25) is 4.68 Å². The largest absolute Gasteiger partial charge is 0.397 e. The monoisotopic (exact) mass is 334 g/mol. The highest BCUT2D eigenvalue weighted by Crippen LogP contribution is 2.35. The molecule has 0 saturated heterocycles. The van der Waals surface area contributed by atoms with Crippen molar-refractivity contribution in [3.05, 3.63) is 39.6 Å². The van der Waals surface area contributed by atoms with Gasteiger partial charge in [-0.2, -0.15) is 5.10 Å². The first kappa shape index (κ1) is 13.5. The van der Waals surface area contributed by atoms with E-state index in [9.17, 15) is 0 Å². The molecule has 0 fully saturated rings. The van der Waals surface area contributed by atoms with Gasteiger partial charge in [0, 0.05) is 13.6 Å². The highest BCUT2D eigenvalue weighted by molar-refractivity contribution is 9.10. The van der Waals surface area contributed by atoms with Crippen LogP contribution in [0.3, 0.4) is 0 Å². The first-order chi connectivity index (χ1) is 9.61. The Balaban J connectivity index is 1.93. The highest BCUT2D eigenvalue weighted by Gasteiger charge is 2.24. The molecule has 20 heavy (non-hydrogen) atoms. The van der Waals surface area contributed by atoms with Crippen LogP contribution in [0.5, 0.6) is 0 Å². The molecule has 1 aliphatic heterocycles. The lowest BCUT2D eigenvalue weighted by atomic mass is 10.1. The summed E-state index contributed by atoms with van der Waals surface area (Å²) < 4.78 is 3.10. The van der Waals surface area contributed by atoms with Gasteiger partial charge in [-0.05, 0) is 40.4 Å². The summed E-state index contributed by atoms with van der Waals surface area (Å²) in [5.41, 5.74) is 11.9. The molecule has 0 aliphatic carbocycles. The number of hydrogen-bond donors (Lipinski definition) is 1. The van der Waals surface area contributed by atoms with E-state index in [1.807, 2.05) is 23.9 Å². The van der Waals surface area contributed by atoms with E-state index in [4.69, 9.17) is 5.73 Å². The van der Waals surface area contributed by atoms with Gasteiger partial charge in [0.25, 0.3) is 0 Å². The number of nitrogens with two attached hydrogens (primary N) is 1. The molecule has 5 heteroatoms. The Morgan fingerprint density at radius 1 is 1.40 bits per heavy atom. The van der Waals surface area contributed by atoms with Crippen molar-refractivity contribution in [1.82, 2.24) is 9.78 Å². The molecular formula is C15H19BrN4. The van der Waals surface area contributed by atoms with E-state index < -0.39 is 0 Å². The number of aryl methyl sites for hydroxylation is 2. The van der Waals surface area contributed by atoms with Crippen molar-refractivity contribution in [3.8, 4) is 0 Å². The normalized spacial score (nSPS) is 13.8. The molecule has 3 rings (SSSR count). The minimum atomic E-state index is 0.839. The molecule has 1 aliphatic rings. The highest BCUT2D eigenvalue weighted by atomic mass is 79.9. The minimum absolute atomic E-state index is 0.839. The lowest BCUT2D eigenvalue weighted by Gasteiger charge is -2.21. The first-order valence-electron chi connectivity index (χ1n) is 6.94. The van der Waals surface area contributed by atoms with Gasteiger partial charge in [0.1, 0.15) is 0 Å². The van der Waals surface area contributed by atoms with E-state index in [1.54, 1.807) is 0 Å². The molecule has 2 heterocycles. The maximum absolute atomic E-state index is 6.15. The third-order valence-corrected chi connectivity index (χ3v) is 4.88. The van der Waals surface area contributed by atoms with Crippen molar-refractivity contribution in [2.45, 2.75) is 26.3 Å². The predicted molar refractivity (Wildman–Crippen MR) is 85.9 cm³/mol. The lowest BCUT2D eigenvalue weighted by molar-refractivity contribution is 0.679. The van der Waals surface area contributed by atoms with E-state index in [1.165, 1.54) is 16.9 Å². The second-order valence-electron chi connectivity index (χ2n) is 5.21. The number of aromatic nitrogens is 2. The Labute approximate surface area is 127 Å². The smallest absolute Gasteiger partial charge is 0.0767 e. The fourth-order valence-corrected chi connectivity index (χ4v) is 3.64. The molecule has 106 valence electrons. The van der Waals surface area contributed by atoms with Crippen molar-refractivity contribution in [3.63, 3.8) is 0 Å². The van der Waals surface area contributed by atoms with Gasteiger partial charge >= 0.3 is 0 Å². The fraction of sp³-hybridized carbons (Fsp3) is 0.400. The van der Waals surface area contributed by atoms with E-state index in [0.717, 1.165) is 41.8 Å². The van der Waals surface area contributed by atoms with Crippen LogP contribution in [0, 0.1) is 0 Å². The Morgan fingerprint density at radius 3 is 2.90 bits per heavy atom. The van der Waals surface area contributed by atoms with Crippen molar-refractivity contribution >= 4 is 27.3 Å². The summed E-state index contributed by atoms with van der Waals surface area (Å²) in [6, 6.07) is 6.18. The molecule has 0 spiro atoms. The van der Waals surface area contributed by atoms with Gasteiger partial charge in [-0.25, -0.2) is 0 Å². The van der Waals surface area contributed by atoms with Crippen LogP contribution >= 0.6 is 15.9 Å². The molecule has 2 aromatic rings. The summed E-state index contributed by atoms with van der Waals surface area (Å²) in [6.07, 6.45) is 2.00. The van der Waals surface area contributed by atoms with Crippen molar-refractivity contribution in [2.24, 2.45) is 7.05 Å². The second-order valence-corrected chi connectivity index (χ2v) is 6.00. The zero-order valence-corrected chi connectivity index (χ0v) is 13.4. The van der Waals surface area contributed by atoms with Crippen LogP contribution in [0.25, 0.3) is 0 Å². The van der Waals surface area contributed by atoms with Crippen LogP contribution in [0.15, 0.2) is 22.7 Å². The summed E-state index contributed by atoms with van der Waals surface area (Å²) in [7, 11) is 2.00. The van der Waals surface area contributed by atoms with Crippen LogP contribution < -0.4 is 10.6 Å². The topological polar surface area (TPSA) is 47.1 Å².